The maximum Gasteiger partial charge on any atom is 0.233 e. The minimum Gasteiger partial charge on any atom is -0.378 e. The van der Waals surface area contributed by atoms with Crippen LogP contribution in [0.3, 0.4) is 0 Å². The van der Waals surface area contributed by atoms with Gasteiger partial charge in [0.2, 0.25) is 11.8 Å². The molecule has 0 atom stereocenters. The second kappa shape index (κ2) is 8.34. The van der Waals surface area contributed by atoms with Crippen LogP contribution in [0.2, 0.25) is 0 Å². The Hall–Kier alpha value is -2.08. The van der Waals surface area contributed by atoms with Crippen LogP contribution >= 0.6 is 0 Å². The molecule has 2 heterocycles. The van der Waals surface area contributed by atoms with E-state index in [1.54, 1.807) is 4.90 Å². The van der Waals surface area contributed by atoms with Crippen LogP contribution in [-0.2, 0) is 14.3 Å². The van der Waals surface area contributed by atoms with E-state index in [0.29, 0.717) is 26.3 Å². The van der Waals surface area contributed by atoms with Crippen molar-refractivity contribution in [2.75, 3.05) is 49.6 Å². The Morgan fingerprint density at radius 1 is 1.08 bits per heavy atom. The fourth-order valence-corrected chi connectivity index (χ4v) is 3.29. The molecule has 25 heavy (non-hydrogen) atoms. The summed E-state index contributed by atoms with van der Waals surface area (Å²) in [4.78, 5) is 28.2. The van der Waals surface area contributed by atoms with Crippen molar-refractivity contribution in [3.05, 3.63) is 24.3 Å². The van der Waals surface area contributed by atoms with E-state index in [9.17, 15) is 9.59 Å². The number of anilines is 2. The van der Waals surface area contributed by atoms with Gasteiger partial charge in [-0.25, -0.2) is 0 Å². The highest BCUT2D eigenvalue weighted by Crippen LogP contribution is 2.24. The number of carbonyl (C=O) groups excluding carboxylic acids is 2. The molecule has 2 amide bonds. The molecule has 2 aliphatic heterocycles. The summed E-state index contributed by atoms with van der Waals surface area (Å²) in [7, 11) is 0. The molecule has 1 aromatic rings. The first kappa shape index (κ1) is 17.7. The number of nitrogens with one attached hydrogen (secondary N) is 1. The van der Waals surface area contributed by atoms with Gasteiger partial charge < -0.3 is 19.9 Å². The molecular weight excluding hydrogens is 318 g/mol. The summed E-state index contributed by atoms with van der Waals surface area (Å²) >= 11 is 0. The van der Waals surface area contributed by atoms with Crippen molar-refractivity contribution in [3.8, 4) is 0 Å². The molecule has 0 unspecified atom stereocenters. The Morgan fingerprint density at radius 3 is 2.36 bits per heavy atom. The van der Waals surface area contributed by atoms with Gasteiger partial charge in [0.15, 0.2) is 0 Å². The summed E-state index contributed by atoms with van der Waals surface area (Å²) in [6.45, 7) is 6.69. The predicted octanol–water partition coefficient (Wildman–Crippen LogP) is 2.11. The van der Waals surface area contributed by atoms with Crippen LogP contribution in [0.1, 0.15) is 26.2 Å². The number of benzene rings is 1. The summed E-state index contributed by atoms with van der Waals surface area (Å²) in [5.74, 6) is 0.398. The molecule has 0 aliphatic carbocycles. The number of carbonyl (C=O) groups is 2. The number of amides is 2. The third-order valence-electron chi connectivity index (χ3n) is 4.98. The van der Waals surface area contributed by atoms with Crippen molar-refractivity contribution in [2.24, 2.45) is 5.92 Å². The van der Waals surface area contributed by atoms with Crippen LogP contribution in [0, 0.1) is 5.92 Å². The third-order valence-corrected chi connectivity index (χ3v) is 4.98. The lowest BCUT2D eigenvalue weighted by molar-refractivity contribution is -0.138. The molecule has 3 rings (SSSR count). The average Bonchev–Trinajstić information content (AvgIpc) is 2.64. The maximum atomic E-state index is 12.1. The first-order chi connectivity index (χ1) is 12.1. The predicted molar refractivity (Wildman–Crippen MR) is 97.7 cm³/mol. The standard InChI is InChI=1S/C19H27N3O3/c1-15-6-8-21(9-7-15)17-4-2-16(3-5-17)20-18(23)14-19(24)22-10-12-25-13-11-22/h2-5,15H,6-14H2,1H3,(H,20,23). The van der Waals surface area contributed by atoms with E-state index in [1.807, 2.05) is 24.3 Å². The smallest absolute Gasteiger partial charge is 0.233 e. The van der Waals surface area contributed by atoms with Crippen LogP contribution in [0.5, 0.6) is 0 Å². The van der Waals surface area contributed by atoms with E-state index in [4.69, 9.17) is 4.74 Å². The van der Waals surface area contributed by atoms with Gasteiger partial charge in [-0.3, -0.25) is 9.59 Å². The highest BCUT2D eigenvalue weighted by molar-refractivity contribution is 6.03. The topological polar surface area (TPSA) is 61.9 Å². The second-order valence-electron chi connectivity index (χ2n) is 6.93. The summed E-state index contributed by atoms with van der Waals surface area (Å²) in [5.41, 5.74) is 1.92. The van der Waals surface area contributed by atoms with Gasteiger partial charge in [0.25, 0.3) is 0 Å². The summed E-state index contributed by atoms with van der Waals surface area (Å²) < 4.78 is 5.22. The lowest BCUT2D eigenvalue weighted by Crippen LogP contribution is -2.41. The van der Waals surface area contributed by atoms with Gasteiger partial charge >= 0.3 is 0 Å². The van der Waals surface area contributed by atoms with Crippen LogP contribution < -0.4 is 10.2 Å². The van der Waals surface area contributed by atoms with E-state index >= 15 is 0 Å². The number of hydrogen-bond acceptors (Lipinski definition) is 4. The third kappa shape index (κ3) is 4.95. The van der Waals surface area contributed by atoms with Gasteiger partial charge in [-0.05, 0) is 43.0 Å². The van der Waals surface area contributed by atoms with Crippen molar-refractivity contribution >= 4 is 23.2 Å². The van der Waals surface area contributed by atoms with Crippen molar-refractivity contribution in [2.45, 2.75) is 26.2 Å². The first-order valence-electron chi connectivity index (χ1n) is 9.12. The minimum atomic E-state index is -0.268. The zero-order chi connectivity index (χ0) is 17.6. The number of ether oxygens (including phenoxy) is 1. The van der Waals surface area contributed by atoms with E-state index in [1.165, 1.54) is 18.5 Å². The quantitative estimate of drug-likeness (QED) is 0.849. The molecule has 6 nitrogen and oxygen atoms in total. The van der Waals surface area contributed by atoms with Crippen LogP contribution in [0.15, 0.2) is 24.3 Å². The Morgan fingerprint density at radius 2 is 1.72 bits per heavy atom. The zero-order valence-corrected chi connectivity index (χ0v) is 14.9. The van der Waals surface area contributed by atoms with Gasteiger partial charge in [0, 0.05) is 37.6 Å². The molecule has 1 aromatic carbocycles. The number of morpholine rings is 1. The second-order valence-corrected chi connectivity index (χ2v) is 6.93. The first-order valence-corrected chi connectivity index (χ1v) is 9.12. The maximum absolute atomic E-state index is 12.1. The van der Waals surface area contributed by atoms with E-state index < -0.39 is 0 Å². The molecule has 0 bridgehead atoms. The molecule has 0 radical (unpaired) electrons. The lowest BCUT2D eigenvalue weighted by atomic mass is 9.99. The molecule has 136 valence electrons. The molecule has 0 saturated carbocycles. The fraction of sp³-hybridized carbons (Fsp3) is 0.579. The normalized spacial score (nSPS) is 18.9. The molecule has 2 fully saturated rings. The van der Waals surface area contributed by atoms with Crippen LogP contribution in [-0.4, -0.2) is 56.1 Å². The number of hydrogen-bond donors (Lipinski definition) is 1. The highest BCUT2D eigenvalue weighted by atomic mass is 16.5. The Labute approximate surface area is 149 Å². The summed E-state index contributed by atoms with van der Waals surface area (Å²) in [5, 5.41) is 2.81. The SMILES string of the molecule is CC1CCN(c2ccc(NC(=O)CC(=O)N3CCOCC3)cc2)CC1. The molecule has 1 N–H and O–H groups in total. The monoisotopic (exact) mass is 345 g/mol. The number of rotatable bonds is 4. The molecule has 6 heteroatoms. The van der Waals surface area contributed by atoms with Gasteiger partial charge in [-0.2, -0.15) is 0 Å². The lowest BCUT2D eigenvalue weighted by Gasteiger charge is -2.32. The van der Waals surface area contributed by atoms with E-state index in [0.717, 1.165) is 24.7 Å². The van der Waals surface area contributed by atoms with E-state index in [2.05, 4.69) is 17.1 Å². The van der Waals surface area contributed by atoms with Crippen molar-refractivity contribution < 1.29 is 14.3 Å². The molecule has 0 aromatic heterocycles. The average molecular weight is 345 g/mol. The molecule has 2 saturated heterocycles. The highest BCUT2D eigenvalue weighted by Gasteiger charge is 2.20. The van der Waals surface area contributed by atoms with Crippen molar-refractivity contribution in [1.29, 1.82) is 0 Å². The van der Waals surface area contributed by atoms with E-state index in [-0.39, 0.29) is 18.2 Å². The zero-order valence-electron chi connectivity index (χ0n) is 14.9. The van der Waals surface area contributed by atoms with Crippen molar-refractivity contribution in [3.63, 3.8) is 0 Å². The minimum absolute atomic E-state index is 0.119. The van der Waals surface area contributed by atoms with Crippen LogP contribution in [0.4, 0.5) is 11.4 Å². The number of piperidine rings is 1. The fourth-order valence-electron chi connectivity index (χ4n) is 3.29. The summed E-state index contributed by atoms with van der Waals surface area (Å²) in [6, 6.07) is 7.89. The van der Waals surface area contributed by atoms with Crippen LogP contribution in [0.25, 0.3) is 0 Å². The van der Waals surface area contributed by atoms with Gasteiger partial charge in [-0.15, -0.1) is 0 Å². The summed E-state index contributed by atoms with van der Waals surface area (Å²) in [6.07, 6.45) is 2.33. The molecule has 0 spiro atoms. The van der Waals surface area contributed by atoms with Crippen molar-refractivity contribution in [1.82, 2.24) is 4.90 Å². The molecule has 2 aliphatic rings. The Balaban J connectivity index is 1.49. The number of nitrogens with zero attached hydrogens (tertiary/aromatic N) is 2. The van der Waals surface area contributed by atoms with Gasteiger partial charge in [0.1, 0.15) is 6.42 Å². The Bertz CT molecular complexity index is 588. The molecular formula is C19H27N3O3. The van der Waals surface area contributed by atoms with Gasteiger partial charge in [-0.1, -0.05) is 6.92 Å². The Kier molecular flexibility index (Phi) is 5.91. The van der Waals surface area contributed by atoms with Gasteiger partial charge in [0.05, 0.1) is 13.2 Å². The largest absolute Gasteiger partial charge is 0.378 e.